The number of hydrogen-bond donors (Lipinski definition) is 1. The van der Waals surface area contributed by atoms with Crippen LogP contribution in [-0.2, 0) is 0 Å². The van der Waals surface area contributed by atoms with Crippen LogP contribution < -0.4 is 5.32 Å². The highest BCUT2D eigenvalue weighted by Crippen LogP contribution is 2.30. The summed E-state index contributed by atoms with van der Waals surface area (Å²) in [5.74, 6) is 0.688. The highest BCUT2D eigenvalue weighted by molar-refractivity contribution is 7.12. The maximum atomic E-state index is 8.70. The molecule has 68 valence electrons. The van der Waals surface area contributed by atoms with Crippen molar-refractivity contribution in [1.82, 2.24) is 5.32 Å². The van der Waals surface area contributed by atoms with Gasteiger partial charge in [0.1, 0.15) is 10.9 Å². The molecule has 2 rings (SSSR count). The van der Waals surface area contributed by atoms with E-state index in [1.165, 1.54) is 17.7 Å². The molecule has 1 aromatic rings. The van der Waals surface area contributed by atoms with Crippen molar-refractivity contribution in [2.45, 2.75) is 18.8 Å². The summed E-state index contributed by atoms with van der Waals surface area (Å²) in [4.78, 5) is 2.23. The van der Waals surface area contributed by atoms with Gasteiger partial charge < -0.3 is 5.32 Å². The van der Waals surface area contributed by atoms with Gasteiger partial charge in [0.05, 0.1) is 0 Å². The minimum Gasteiger partial charge on any atom is -0.317 e. The number of piperidine rings is 1. The zero-order valence-corrected chi connectivity index (χ0v) is 8.23. The molecule has 0 saturated carbocycles. The summed E-state index contributed by atoms with van der Waals surface area (Å²) < 4.78 is 0. The van der Waals surface area contributed by atoms with Crippen molar-refractivity contribution in [2.24, 2.45) is 0 Å². The lowest BCUT2D eigenvalue weighted by molar-refractivity contribution is 0.465. The van der Waals surface area contributed by atoms with Gasteiger partial charge in [-0.15, -0.1) is 11.3 Å². The maximum absolute atomic E-state index is 8.70. The molecular formula is C10H12N2S. The van der Waals surface area contributed by atoms with Gasteiger partial charge in [0.15, 0.2) is 0 Å². The fraction of sp³-hybridized carbons (Fsp3) is 0.500. The first kappa shape index (κ1) is 8.74. The van der Waals surface area contributed by atoms with E-state index >= 15 is 0 Å². The summed E-state index contributed by atoms with van der Waals surface area (Å²) in [6.07, 6.45) is 2.43. The van der Waals surface area contributed by atoms with Crippen LogP contribution in [0.3, 0.4) is 0 Å². The van der Waals surface area contributed by atoms with Gasteiger partial charge in [-0.2, -0.15) is 5.26 Å². The van der Waals surface area contributed by atoms with Crippen molar-refractivity contribution in [3.05, 3.63) is 21.9 Å². The third kappa shape index (κ3) is 1.90. The van der Waals surface area contributed by atoms with Crippen LogP contribution >= 0.6 is 11.3 Å². The molecule has 0 radical (unpaired) electrons. The Bertz CT molecular complexity index is 318. The van der Waals surface area contributed by atoms with E-state index in [1.54, 1.807) is 11.3 Å². The Morgan fingerprint density at radius 3 is 2.77 bits per heavy atom. The van der Waals surface area contributed by atoms with Crippen molar-refractivity contribution >= 4 is 11.3 Å². The minimum atomic E-state index is 0.688. The van der Waals surface area contributed by atoms with Crippen molar-refractivity contribution in [3.8, 4) is 6.07 Å². The second kappa shape index (κ2) is 3.91. The molecule has 1 aromatic heterocycles. The molecular weight excluding hydrogens is 180 g/mol. The zero-order valence-electron chi connectivity index (χ0n) is 7.42. The van der Waals surface area contributed by atoms with E-state index in [0.717, 1.165) is 18.0 Å². The maximum Gasteiger partial charge on any atom is 0.110 e. The molecule has 0 unspecified atom stereocenters. The van der Waals surface area contributed by atoms with Crippen LogP contribution in [0.2, 0.25) is 0 Å². The molecule has 13 heavy (non-hydrogen) atoms. The number of rotatable bonds is 1. The smallest absolute Gasteiger partial charge is 0.110 e. The van der Waals surface area contributed by atoms with Gasteiger partial charge in [0.2, 0.25) is 0 Å². The second-order valence-electron chi connectivity index (χ2n) is 3.34. The molecule has 0 bridgehead atoms. The minimum absolute atomic E-state index is 0.688. The number of nitrogens with zero attached hydrogens (tertiary/aromatic N) is 1. The molecule has 0 aliphatic carbocycles. The van der Waals surface area contributed by atoms with Crippen molar-refractivity contribution in [1.29, 1.82) is 5.26 Å². The molecule has 3 heteroatoms. The SMILES string of the molecule is N#Cc1ccc(C2CCNCC2)s1. The highest BCUT2D eigenvalue weighted by Gasteiger charge is 2.16. The van der Waals surface area contributed by atoms with Crippen molar-refractivity contribution in [2.75, 3.05) is 13.1 Å². The second-order valence-corrected chi connectivity index (χ2v) is 4.45. The Morgan fingerprint density at radius 1 is 1.38 bits per heavy atom. The average molecular weight is 192 g/mol. The summed E-state index contributed by atoms with van der Waals surface area (Å²) >= 11 is 1.65. The molecule has 1 aliphatic rings. The summed E-state index contributed by atoms with van der Waals surface area (Å²) in [5.41, 5.74) is 0. The molecule has 0 atom stereocenters. The molecule has 0 spiro atoms. The standard InChI is InChI=1S/C10H12N2S/c11-7-9-1-2-10(13-9)8-3-5-12-6-4-8/h1-2,8,12H,3-6H2. The van der Waals surface area contributed by atoms with Crippen molar-refractivity contribution < 1.29 is 0 Å². The quantitative estimate of drug-likeness (QED) is 0.739. The predicted molar refractivity (Wildman–Crippen MR) is 53.9 cm³/mol. The molecule has 1 aliphatic heterocycles. The lowest BCUT2D eigenvalue weighted by Gasteiger charge is -2.21. The summed E-state index contributed by atoms with van der Waals surface area (Å²) in [7, 11) is 0. The number of nitrogens with one attached hydrogen (secondary N) is 1. The van der Waals surface area contributed by atoms with E-state index in [0.29, 0.717) is 5.92 Å². The van der Waals surface area contributed by atoms with Crippen LogP contribution in [0.15, 0.2) is 12.1 Å². The van der Waals surface area contributed by atoms with Gasteiger partial charge in [-0.1, -0.05) is 0 Å². The molecule has 2 heterocycles. The van der Waals surface area contributed by atoms with Gasteiger partial charge in [-0.3, -0.25) is 0 Å². The summed E-state index contributed by atoms with van der Waals surface area (Å²) in [6, 6.07) is 6.23. The molecule has 1 N–H and O–H groups in total. The topological polar surface area (TPSA) is 35.8 Å². The normalized spacial score (nSPS) is 18.4. The number of thiophene rings is 1. The van der Waals surface area contributed by atoms with Crippen molar-refractivity contribution in [3.63, 3.8) is 0 Å². The Morgan fingerprint density at radius 2 is 2.15 bits per heavy atom. The Kier molecular flexibility index (Phi) is 2.62. The zero-order chi connectivity index (χ0) is 9.10. The first-order valence-corrected chi connectivity index (χ1v) is 5.42. The van der Waals surface area contributed by atoms with Crippen LogP contribution in [0.4, 0.5) is 0 Å². The van der Waals surface area contributed by atoms with E-state index < -0.39 is 0 Å². The lowest BCUT2D eigenvalue weighted by Crippen LogP contribution is -2.26. The van der Waals surface area contributed by atoms with Gasteiger partial charge in [-0.05, 0) is 44.0 Å². The molecule has 1 fully saturated rings. The predicted octanol–water partition coefficient (Wildman–Crippen LogP) is 2.09. The van der Waals surface area contributed by atoms with E-state index in [-0.39, 0.29) is 0 Å². The first-order valence-electron chi connectivity index (χ1n) is 4.60. The van der Waals surface area contributed by atoms with E-state index in [2.05, 4.69) is 17.5 Å². The lowest BCUT2D eigenvalue weighted by atomic mass is 9.97. The molecule has 2 nitrogen and oxygen atoms in total. The van der Waals surface area contributed by atoms with E-state index in [1.807, 2.05) is 6.07 Å². The molecule has 1 saturated heterocycles. The Balaban J connectivity index is 2.11. The van der Waals surface area contributed by atoms with Crippen LogP contribution in [0.1, 0.15) is 28.5 Å². The Labute approximate surface area is 82.2 Å². The Hall–Kier alpha value is -0.850. The van der Waals surface area contributed by atoms with Gasteiger partial charge >= 0.3 is 0 Å². The fourth-order valence-corrected chi connectivity index (χ4v) is 2.71. The summed E-state index contributed by atoms with van der Waals surface area (Å²) in [6.45, 7) is 2.23. The first-order chi connectivity index (χ1) is 6.40. The molecule has 0 aromatic carbocycles. The van der Waals surface area contributed by atoms with Crippen LogP contribution in [0, 0.1) is 11.3 Å². The largest absolute Gasteiger partial charge is 0.317 e. The highest BCUT2D eigenvalue weighted by atomic mass is 32.1. The van der Waals surface area contributed by atoms with Gasteiger partial charge in [0.25, 0.3) is 0 Å². The fourth-order valence-electron chi connectivity index (χ4n) is 1.74. The number of nitriles is 1. The third-order valence-corrected chi connectivity index (χ3v) is 3.63. The van der Waals surface area contributed by atoms with E-state index in [4.69, 9.17) is 5.26 Å². The van der Waals surface area contributed by atoms with Gasteiger partial charge in [0, 0.05) is 4.88 Å². The number of hydrogen-bond acceptors (Lipinski definition) is 3. The van der Waals surface area contributed by atoms with Crippen LogP contribution in [0.5, 0.6) is 0 Å². The average Bonchev–Trinajstić information content (AvgIpc) is 2.67. The monoisotopic (exact) mass is 192 g/mol. The van der Waals surface area contributed by atoms with Gasteiger partial charge in [-0.25, -0.2) is 0 Å². The summed E-state index contributed by atoms with van der Waals surface area (Å²) in [5, 5.41) is 12.0. The van der Waals surface area contributed by atoms with Crippen LogP contribution in [0.25, 0.3) is 0 Å². The van der Waals surface area contributed by atoms with Crippen LogP contribution in [-0.4, -0.2) is 13.1 Å². The third-order valence-electron chi connectivity index (χ3n) is 2.48. The molecule has 0 amide bonds. The van der Waals surface area contributed by atoms with E-state index in [9.17, 15) is 0 Å².